The minimum absolute atomic E-state index is 0.252. The Morgan fingerprint density at radius 1 is 1.13 bits per heavy atom. The normalized spacial score (nSPS) is 21.5. The van der Waals surface area contributed by atoms with Gasteiger partial charge in [0.05, 0.1) is 16.1 Å². The monoisotopic (exact) mass is 234 g/mol. The average molecular weight is 234 g/mol. The van der Waals surface area contributed by atoms with Crippen LogP contribution in [0.25, 0.3) is 0 Å². The number of sulfone groups is 1. The average Bonchev–Trinajstić information content (AvgIpc) is 2.81. The first-order chi connectivity index (χ1) is 6.52. The maximum Gasteiger partial charge on any atom is 0.163 e. The van der Waals surface area contributed by atoms with Gasteiger partial charge in [0.2, 0.25) is 0 Å². The molecule has 15 heavy (non-hydrogen) atoms. The third-order valence-corrected chi connectivity index (χ3v) is 7.33. The van der Waals surface area contributed by atoms with E-state index in [1.54, 1.807) is 13.8 Å². The van der Waals surface area contributed by atoms with Crippen molar-refractivity contribution < 1.29 is 13.5 Å². The van der Waals surface area contributed by atoms with Crippen molar-refractivity contribution in [3.8, 4) is 0 Å². The van der Waals surface area contributed by atoms with Crippen LogP contribution in [0.5, 0.6) is 0 Å². The lowest BCUT2D eigenvalue weighted by atomic mass is 9.89. The zero-order valence-corrected chi connectivity index (χ0v) is 11.1. The van der Waals surface area contributed by atoms with Crippen LogP contribution in [-0.4, -0.2) is 29.6 Å². The van der Waals surface area contributed by atoms with Crippen molar-refractivity contribution in [2.45, 2.75) is 57.0 Å². The molecule has 0 unspecified atom stereocenters. The lowest BCUT2D eigenvalue weighted by Crippen LogP contribution is -2.49. The summed E-state index contributed by atoms with van der Waals surface area (Å²) >= 11 is 0. The van der Waals surface area contributed by atoms with E-state index < -0.39 is 19.3 Å². The van der Waals surface area contributed by atoms with Crippen LogP contribution in [0, 0.1) is 5.41 Å². The smallest absolute Gasteiger partial charge is 0.163 e. The molecule has 1 saturated carbocycles. The van der Waals surface area contributed by atoms with Crippen LogP contribution in [0.2, 0.25) is 0 Å². The zero-order valence-electron chi connectivity index (χ0n) is 10.3. The molecule has 1 aliphatic carbocycles. The highest BCUT2D eigenvalue weighted by atomic mass is 32.2. The molecule has 0 bridgehead atoms. The van der Waals surface area contributed by atoms with Crippen LogP contribution in [-0.2, 0) is 9.84 Å². The van der Waals surface area contributed by atoms with E-state index in [9.17, 15) is 13.5 Å². The topological polar surface area (TPSA) is 54.4 Å². The van der Waals surface area contributed by atoms with E-state index in [2.05, 4.69) is 0 Å². The first-order valence-electron chi connectivity index (χ1n) is 5.37. The lowest BCUT2D eigenvalue weighted by molar-refractivity contribution is 0.252. The fourth-order valence-corrected chi connectivity index (χ4v) is 4.82. The molecule has 0 aromatic rings. The Hall–Kier alpha value is -0.0900. The Balaban J connectivity index is 3.20. The largest absolute Gasteiger partial charge is 0.395 e. The second kappa shape index (κ2) is 3.20. The van der Waals surface area contributed by atoms with Gasteiger partial charge in [-0.3, -0.25) is 0 Å². The molecule has 4 heteroatoms. The zero-order chi connectivity index (χ0) is 12.1. The van der Waals surface area contributed by atoms with E-state index in [1.807, 2.05) is 20.8 Å². The summed E-state index contributed by atoms with van der Waals surface area (Å²) in [6.45, 7) is 8.79. The first-order valence-corrected chi connectivity index (χ1v) is 6.85. The summed E-state index contributed by atoms with van der Waals surface area (Å²) in [4.78, 5) is 0. The van der Waals surface area contributed by atoms with Gasteiger partial charge >= 0.3 is 0 Å². The molecule has 90 valence electrons. The highest BCUT2D eigenvalue weighted by molar-refractivity contribution is 7.94. The Bertz CT molecular complexity index is 343. The Labute approximate surface area is 92.8 Å². The predicted molar refractivity (Wildman–Crippen MR) is 61.5 cm³/mol. The molecule has 1 N–H and O–H groups in total. The molecule has 1 aliphatic rings. The molecule has 1 fully saturated rings. The second-order valence-electron chi connectivity index (χ2n) is 6.17. The molecule has 1 rings (SSSR count). The minimum atomic E-state index is -3.28. The third-order valence-electron chi connectivity index (χ3n) is 3.69. The SMILES string of the molecule is CC(C)(C)C1(S(=O)(=O)C(C)(C)CO)CC1. The number of hydrogen-bond donors (Lipinski definition) is 1. The number of hydrogen-bond acceptors (Lipinski definition) is 3. The van der Waals surface area contributed by atoms with Gasteiger partial charge in [0.25, 0.3) is 0 Å². The van der Waals surface area contributed by atoms with Gasteiger partial charge in [0.1, 0.15) is 0 Å². The van der Waals surface area contributed by atoms with Crippen molar-refractivity contribution in [2.75, 3.05) is 6.61 Å². The van der Waals surface area contributed by atoms with E-state index in [0.717, 1.165) is 12.8 Å². The lowest BCUT2D eigenvalue weighted by Gasteiger charge is -2.36. The van der Waals surface area contributed by atoms with Crippen LogP contribution >= 0.6 is 0 Å². The van der Waals surface area contributed by atoms with E-state index in [0.29, 0.717) is 0 Å². The summed E-state index contributed by atoms with van der Waals surface area (Å²) in [6.07, 6.45) is 1.45. The fraction of sp³-hybridized carbons (Fsp3) is 1.00. The highest BCUT2D eigenvalue weighted by Gasteiger charge is 2.65. The van der Waals surface area contributed by atoms with Crippen LogP contribution in [0.3, 0.4) is 0 Å². The summed E-state index contributed by atoms with van der Waals surface area (Å²) in [7, 11) is -3.28. The van der Waals surface area contributed by atoms with Gasteiger partial charge < -0.3 is 5.11 Å². The Morgan fingerprint density at radius 2 is 1.53 bits per heavy atom. The number of aliphatic hydroxyl groups is 1. The summed E-state index contributed by atoms with van der Waals surface area (Å²) in [5.74, 6) is 0. The Morgan fingerprint density at radius 3 is 1.73 bits per heavy atom. The number of aliphatic hydroxyl groups excluding tert-OH is 1. The fourth-order valence-electron chi connectivity index (χ4n) is 2.15. The molecule has 0 amide bonds. The van der Waals surface area contributed by atoms with Crippen molar-refractivity contribution >= 4 is 9.84 Å². The van der Waals surface area contributed by atoms with Gasteiger partial charge in [-0.15, -0.1) is 0 Å². The minimum Gasteiger partial charge on any atom is -0.395 e. The van der Waals surface area contributed by atoms with E-state index in [-0.39, 0.29) is 12.0 Å². The maximum atomic E-state index is 12.5. The van der Waals surface area contributed by atoms with E-state index in [4.69, 9.17) is 0 Å². The van der Waals surface area contributed by atoms with Crippen molar-refractivity contribution in [1.82, 2.24) is 0 Å². The molecule has 0 radical (unpaired) electrons. The molecule has 0 heterocycles. The van der Waals surface area contributed by atoms with Crippen molar-refractivity contribution in [1.29, 1.82) is 0 Å². The Kier molecular flexibility index (Phi) is 2.77. The summed E-state index contributed by atoms with van der Waals surface area (Å²) in [5, 5.41) is 9.21. The molecular weight excluding hydrogens is 212 g/mol. The summed E-state index contributed by atoms with van der Waals surface area (Å²) in [6, 6.07) is 0. The standard InChI is InChI=1S/C11H22O3S/c1-9(2,3)11(6-7-11)15(13,14)10(4,5)8-12/h12H,6-8H2,1-5H3. The summed E-state index contributed by atoms with van der Waals surface area (Å²) in [5.41, 5.74) is -0.252. The van der Waals surface area contributed by atoms with E-state index in [1.165, 1.54) is 0 Å². The van der Waals surface area contributed by atoms with Crippen molar-refractivity contribution in [3.05, 3.63) is 0 Å². The number of rotatable bonds is 3. The van der Waals surface area contributed by atoms with Gasteiger partial charge in [-0.25, -0.2) is 8.42 Å². The molecule has 0 aromatic heterocycles. The highest BCUT2D eigenvalue weighted by Crippen LogP contribution is 2.58. The van der Waals surface area contributed by atoms with Crippen LogP contribution in [0.15, 0.2) is 0 Å². The van der Waals surface area contributed by atoms with E-state index >= 15 is 0 Å². The molecule has 0 aromatic carbocycles. The summed E-state index contributed by atoms with van der Waals surface area (Å²) < 4.78 is 23.3. The van der Waals surface area contributed by atoms with Crippen LogP contribution in [0.1, 0.15) is 47.5 Å². The van der Waals surface area contributed by atoms with Gasteiger partial charge in [0, 0.05) is 0 Å². The van der Waals surface area contributed by atoms with Crippen molar-refractivity contribution in [3.63, 3.8) is 0 Å². The molecule has 0 aliphatic heterocycles. The van der Waals surface area contributed by atoms with Crippen molar-refractivity contribution in [2.24, 2.45) is 5.41 Å². The quantitative estimate of drug-likeness (QED) is 0.809. The first kappa shape index (κ1) is 13.0. The molecule has 0 spiro atoms. The molecule has 0 atom stereocenters. The van der Waals surface area contributed by atoms with Gasteiger partial charge in [-0.2, -0.15) is 0 Å². The molecule has 0 saturated heterocycles. The maximum absolute atomic E-state index is 12.5. The molecule has 3 nitrogen and oxygen atoms in total. The van der Waals surface area contributed by atoms with Gasteiger partial charge in [0.15, 0.2) is 9.84 Å². The second-order valence-corrected chi connectivity index (χ2v) is 9.06. The van der Waals surface area contributed by atoms with Crippen LogP contribution in [0.4, 0.5) is 0 Å². The molecular formula is C11H22O3S. The predicted octanol–water partition coefficient (Wildman–Crippen LogP) is 1.75. The van der Waals surface area contributed by atoms with Gasteiger partial charge in [-0.05, 0) is 32.1 Å². The van der Waals surface area contributed by atoms with Gasteiger partial charge in [-0.1, -0.05) is 20.8 Å². The van der Waals surface area contributed by atoms with Crippen LogP contribution < -0.4 is 0 Å². The third kappa shape index (κ3) is 1.62.